The average molecular weight is 588 g/mol. The van der Waals surface area contributed by atoms with E-state index in [9.17, 15) is 19.5 Å². The molecule has 3 N–H and O–H groups in total. The molecule has 3 amide bonds. The first-order valence-corrected chi connectivity index (χ1v) is 16.2. The second kappa shape index (κ2) is 13.1. The van der Waals surface area contributed by atoms with Crippen LogP contribution in [0.3, 0.4) is 0 Å². The number of aliphatic hydroxyl groups excluding tert-OH is 1. The molecule has 1 aliphatic heterocycles. The van der Waals surface area contributed by atoms with Crippen LogP contribution >= 0.6 is 0 Å². The number of benzene rings is 2. The molecule has 3 aliphatic carbocycles. The molecule has 2 aromatic carbocycles. The van der Waals surface area contributed by atoms with Crippen molar-refractivity contribution in [3.05, 3.63) is 59.7 Å². The van der Waals surface area contributed by atoms with Gasteiger partial charge < -0.3 is 25.4 Å². The van der Waals surface area contributed by atoms with E-state index < -0.39 is 18.1 Å². The third-order valence-electron chi connectivity index (χ3n) is 9.91. The Labute approximate surface area is 254 Å². The Kier molecular flexibility index (Phi) is 9.03. The second-order valence-electron chi connectivity index (χ2n) is 13.4. The minimum Gasteiger partial charge on any atom is -0.493 e. The molecule has 4 aliphatic rings. The maximum Gasteiger partial charge on any atom is 0.251 e. The summed E-state index contributed by atoms with van der Waals surface area (Å²) in [5.41, 5.74) is 2.03. The molecule has 0 aromatic heterocycles. The van der Waals surface area contributed by atoms with Gasteiger partial charge in [0.25, 0.3) is 5.91 Å². The van der Waals surface area contributed by atoms with E-state index in [1.165, 1.54) is 19.3 Å². The van der Waals surface area contributed by atoms with Crippen molar-refractivity contribution in [1.82, 2.24) is 10.6 Å². The van der Waals surface area contributed by atoms with Crippen LogP contribution in [0.15, 0.2) is 48.5 Å². The van der Waals surface area contributed by atoms with Crippen LogP contribution in [0.25, 0.3) is 0 Å². The van der Waals surface area contributed by atoms with Gasteiger partial charge in [-0.3, -0.25) is 14.4 Å². The quantitative estimate of drug-likeness (QED) is 0.317. The number of carbonyl (C=O) groups is 3. The third-order valence-corrected chi connectivity index (χ3v) is 9.91. The van der Waals surface area contributed by atoms with Gasteiger partial charge in [-0.25, -0.2) is 0 Å². The first-order valence-electron chi connectivity index (χ1n) is 16.2. The Bertz CT molecular complexity index is 1310. The molecule has 43 heavy (non-hydrogen) atoms. The summed E-state index contributed by atoms with van der Waals surface area (Å²) < 4.78 is 6.04. The molecule has 230 valence electrons. The number of hydrogen-bond donors (Lipinski definition) is 3. The molecule has 2 aromatic rings. The topological polar surface area (TPSA) is 108 Å². The van der Waals surface area contributed by atoms with Crippen LogP contribution in [0.1, 0.15) is 80.6 Å². The Balaban J connectivity index is 1.16. The van der Waals surface area contributed by atoms with Gasteiger partial charge in [0.1, 0.15) is 5.75 Å². The molecule has 1 heterocycles. The zero-order valence-corrected chi connectivity index (χ0v) is 25.2. The molecule has 2 bridgehead atoms. The average Bonchev–Trinajstić information content (AvgIpc) is 3.35. The lowest BCUT2D eigenvalue weighted by Gasteiger charge is -2.28. The lowest BCUT2D eigenvalue weighted by Crippen LogP contribution is -2.47. The van der Waals surface area contributed by atoms with Gasteiger partial charge in [-0.1, -0.05) is 43.7 Å². The van der Waals surface area contributed by atoms with E-state index in [2.05, 4.69) is 10.6 Å². The van der Waals surface area contributed by atoms with E-state index in [4.69, 9.17) is 4.74 Å². The van der Waals surface area contributed by atoms with E-state index >= 15 is 0 Å². The van der Waals surface area contributed by atoms with E-state index in [0.717, 1.165) is 37.2 Å². The van der Waals surface area contributed by atoms with Gasteiger partial charge in [0.15, 0.2) is 0 Å². The number of ether oxygens (including phenoxy) is 1. The van der Waals surface area contributed by atoms with E-state index in [0.29, 0.717) is 54.8 Å². The van der Waals surface area contributed by atoms with Crippen LogP contribution in [0, 0.1) is 23.7 Å². The monoisotopic (exact) mass is 587 g/mol. The summed E-state index contributed by atoms with van der Waals surface area (Å²) in [6.07, 6.45) is 8.05. The fourth-order valence-electron chi connectivity index (χ4n) is 7.16. The van der Waals surface area contributed by atoms with Crippen LogP contribution in [-0.2, 0) is 16.0 Å². The van der Waals surface area contributed by atoms with Gasteiger partial charge >= 0.3 is 0 Å². The van der Waals surface area contributed by atoms with E-state index in [1.807, 2.05) is 43.3 Å². The number of nitrogens with zero attached hydrogens (tertiary/aromatic N) is 1. The number of rotatable bonds is 13. The van der Waals surface area contributed by atoms with Gasteiger partial charge in [-0.2, -0.15) is 0 Å². The zero-order valence-electron chi connectivity index (χ0n) is 25.2. The summed E-state index contributed by atoms with van der Waals surface area (Å²) in [6, 6.07) is 14.7. The van der Waals surface area contributed by atoms with Gasteiger partial charge in [-0.05, 0) is 86.8 Å². The largest absolute Gasteiger partial charge is 0.493 e. The maximum absolute atomic E-state index is 13.8. The molecule has 8 nitrogen and oxygen atoms in total. The van der Waals surface area contributed by atoms with Crippen LogP contribution in [0.4, 0.5) is 5.69 Å². The number of fused-ring (bicyclic) bond motifs is 2. The molecule has 8 heteroatoms. The molecule has 0 radical (unpaired) electrons. The molecule has 1 saturated heterocycles. The minimum atomic E-state index is -0.932. The summed E-state index contributed by atoms with van der Waals surface area (Å²) >= 11 is 0. The van der Waals surface area contributed by atoms with Crippen LogP contribution in [0.5, 0.6) is 5.75 Å². The summed E-state index contributed by atoms with van der Waals surface area (Å²) in [4.78, 5) is 41.1. The SMILES string of the molecule is CC(CC(O)C(Cc1ccccc1)NC(=O)c1cc(OCC2CC2)cc(N2CCCC2=O)c1)C(=O)NC1CC2CCC1C2. The lowest BCUT2D eigenvalue weighted by molar-refractivity contribution is -0.126. The Morgan fingerprint density at radius 3 is 2.56 bits per heavy atom. The van der Waals surface area contributed by atoms with Crippen molar-refractivity contribution in [1.29, 1.82) is 0 Å². The highest BCUT2D eigenvalue weighted by atomic mass is 16.5. The molecule has 0 spiro atoms. The van der Waals surface area contributed by atoms with Crippen molar-refractivity contribution in [2.75, 3.05) is 18.1 Å². The number of anilines is 1. The smallest absolute Gasteiger partial charge is 0.251 e. The maximum atomic E-state index is 13.8. The highest BCUT2D eigenvalue weighted by Crippen LogP contribution is 2.44. The summed E-state index contributed by atoms with van der Waals surface area (Å²) in [5, 5.41) is 17.8. The zero-order chi connectivity index (χ0) is 29.9. The number of nitrogens with one attached hydrogen (secondary N) is 2. The Hall–Kier alpha value is -3.39. The van der Waals surface area contributed by atoms with Crippen LogP contribution in [-0.4, -0.2) is 54.2 Å². The first kappa shape index (κ1) is 29.7. The molecule has 3 saturated carbocycles. The van der Waals surface area contributed by atoms with Crippen LogP contribution < -0.4 is 20.3 Å². The fourth-order valence-corrected chi connectivity index (χ4v) is 7.16. The highest BCUT2D eigenvalue weighted by molar-refractivity contribution is 5.99. The highest BCUT2D eigenvalue weighted by Gasteiger charge is 2.40. The summed E-state index contributed by atoms with van der Waals surface area (Å²) in [5.74, 6) is 1.72. The van der Waals surface area contributed by atoms with Crippen molar-refractivity contribution in [3.8, 4) is 5.75 Å². The van der Waals surface area contributed by atoms with Gasteiger partial charge in [-0.15, -0.1) is 0 Å². The number of hydrogen-bond acceptors (Lipinski definition) is 5. The van der Waals surface area contributed by atoms with Crippen molar-refractivity contribution in [2.45, 2.75) is 89.3 Å². The number of amides is 3. The molecule has 4 fully saturated rings. The summed E-state index contributed by atoms with van der Waals surface area (Å²) in [6.45, 7) is 3.06. The normalized spacial score (nSPS) is 24.9. The van der Waals surface area contributed by atoms with E-state index in [-0.39, 0.29) is 30.2 Å². The van der Waals surface area contributed by atoms with Gasteiger partial charge in [0.05, 0.1) is 18.8 Å². The third kappa shape index (κ3) is 7.40. The van der Waals surface area contributed by atoms with Crippen molar-refractivity contribution in [2.24, 2.45) is 23.7 Å². The Morgan fingerprint density at radius 2 is 1.88 bits per heavy atom. The van der Waals surface area contributed by atoms with Gasteiger partial charge in [0, 0.05) is 42.2 Å². The van der Waals surface area contributed by atoms with Crippen LogP contribution in [0.2, 0.25) is 0 Å². The standard InChI is InChI=1S/C35H45N3O5/c1-22(34(41)36-30-17-25-11-12-26(30)15-25)14-32(39)31(16-23-6-3-2-4-7-23)37-35(42)27-18-28(38-13-5-8-33(38)40)20-29(19-27)43-21-24-9-10-24/h2-4,6-7,18-20,22,24-26,30-32,39H,5,8-17,21H2,1H3,(H,36,41)(H,37,42). The molecular formula is C35H45N3O5. The first-order chi connectivity index (χ1) is 20.8. The predicted molar refractivity (Wildman–Crippen MR) is 165 cm³/mol. The van der Waals surface area contributed by atoms with Crippen molar-refractivity contribution < 1.29 is 24.2 Å². The fraction of sp³-hybridized carbons (Fsp3) is 0.571. The second-order valence-corrected chi connectivity index (χ2v) is 13.4. The van der Waals surface area contributed by atoms with E-state index in [1.54, 1.807) is 17.0 Å². The molecule has 6 rings (SSSR count). The van der Waals surface area contributed by atoms with Crippen molar-refractivity contribution in [3.63, 3.8) is 0 Å². The predicted octanol–water partition coefficient (Wildman–Crippen LogP) is 4.64. The van der Waals surface area contributed by atoms with Crippen molar-refractivity contribution >= 4 is 23.4 Å². The molecular weight excluding hydrogens is 542 g/mol. The number of carbonyl (C=O) groups excluding carboxylic acids is 3. The van der Waals surface area contributed by atoms with Gasteiger partial charge in [0.2, 0.25) is 11.8 Å². The lowest BCUT2D eigenvalue weighted by atomic mass is 9.91. The molecule has 6 unspecified atom stereocenters. The minimum absolute atomic E-state index is 0.0261. The molecule has 6 atom stereocenters. The Morgan fingerprint density at radius 1 is 1.07 bits per heavy atom. The number of aliphatic hydroxyl groups is 1. The summed E-state index contributed by atoms with van der Waals surface area (Å²) in [7, 11) is 0.